The second-order valence-electron chi connectivity index (χ2n) is 0.513. The second kappa shape index (κ2) is 8.82. The monoisotopic (exact) mass is 169 g/mol. The van der Waals surface area contributed by atoms with Crippen LogP contribution in [0.2, 0.25) is 0 Å². The Balaban J connectivity index is -0.0000000267. The molecule has 0 amide bonds. The van der Waals surface area contributed by atoms with Crippen molar-refractivity contribution in [3.8, 4) is 0 Å². The molecule has 0 rings (SSSR count). The summed E-state index contributed by atoms with van der Waals surface area (Å²) in [5, 5.41) is 0. The molecule has 1 radical (unpaired) electrons. The normalized spacial score (nSPS) is 7.38. The van der Waals surface area contributed by atoms with Gasteiger partial charge in [0.1, 0.15) is 0 Å². The Hall–Kier alpha value is 1.82. The van der Waals surface area contributed by atoms with Crippen LogP contribution < -0.4 is 0 Å². The first-order chi connectivity index (χ1) is 2.00. The first kappa shape index (κ1) is 22.6. The van der Waals surface area contributed by atoms with Crippen molar-refractivity contribution in [3.05, 3.63) is 0 Å². The van der Waals surface area contributed by atoms with Gasteiger partial charge in [0.2, 0.25) is 0 Å². The Bertz CT molecular complexity index is 60.2. The first-order valence-corrected chi connectivity index (χ1v) is 2.35. The molecule has 0 saturated heterocycles. The minimum absolute atomic E-state index is 0. The van der Waals surface area contributed by atoms with Gasteiger partial charge in [0.25, 0.3) is 0 Å². The van der Waals surface area contributed by atoms with E-state index in [1.54, 1.807) is 0 Å². The van der Waals surface area contributed by atoms with Crippen molar-refractivity contribution in [3.63, 3.8) is 0 Å². The number of hydrogen-bond donors (Lipinski definition) is 3. The molecular weight excluding hydrogens is 164 g/mol. The molecule has 8 heavy (non-hydrogen) atoms. The third-order valence-corrected chi connectivity index (χ3v) is 0. The van der Waals surface area contributed by atoms with Crippen LogP contribution in [0.1, 0.15) is 0 Å². The predicted molar refractivity (Wildman–Crippen MR) is 28.6 cm³/mol. The molecule has 0 fully saturated rings. The largest absolute Gasteiger partial charge is 0 e. The summed E-state index contributed by atoms with van der Waals surface area (Å²) in [6, 6.07) is 0. The molecule has 0 saturated carbocycles. The molecule has 0 unspecified atom stereocenters. The van der Waals surface area contributed by atoms with E-state index < -0.39 is 7.82 Å². The van der Waals surface area contributed by atoms with Crippen molar-refractivity contribution >= 4 is 45.5 Å². The summed E-state index contributed by atoms with van der Waals surface area (Å²) in [5.74, 6) is 0. The molecule has 0 aliphatic heterocycles. The molecule has 43 valence electrons. The Morgan fingerprint density at radius 2 is 1.00 bits per heavy atom. The average Bonchev–Trinajstić information content (AvgIpc) is 0.722. The predicted octanol–water partition coefficient (Wildman–Crippen LogP) is -2.23. The van der Waals surface area contributed by atoms with E-state index in [2.05, 4.69) is 0 Å². The Morgan fingerprint density at radius 1 is 1.00 bits per heavy atom. The number of phosphoric acid groups is 1. The molecule has 0 aromatic carbocycles. The minimum Gasteiger partial charge on any atom is 0 e. The summed E-state index contributed by atoms with van der Waals surface area (Å²) < 4.78 is 8.88. The molecular formula is H5Li2MnO4P. The van der Waals surface area contributed by atoms with E-state index in [-0.39, 0.29) is 54.8 Å². The Labute approximate surface area is 81.5 Å². The molecule has 0 aromatic rings. The fourth-order valence-corrected chi connectivity index (χ4v) is 0. The van der Waals surface area contributed by atoms with Crippen LogP contribution in [0, 0.1) is 0 Å². The first-order valence-electron chi connectivity index (χ1n) is 0.783. The van der Waals surface area contributed by atoms with E-state index in [1.807, 2.05) is 0 Å². The zero-order valence-electron chi connectivity index (χ0n) is 2.58. The van der Waals surface area contributed by atoms with Gasteiger partial charge in [0.15, 0.2) is 0 Å². The summed E-state index contributed by atoms with van der Waals surface area (Å²) in [6.07, 6.45) is 0. The molecule has 0 aromatic heterocycles. The van der Waals surface area contributed by atoms with Crippen molar-refractivity contribution < 1.29 is 36.3 Å². The molecule has 0 aliphatic rings. The van der Waals surface area contributed by atoms with Gasteiger partial charge in [-0.05, 0) is 0 Å². The van der Waals surface area contributed by atoms with Gasteiger partial charge < -0.3 is 14.7 Å². The van der Waals surface area contributed by atoms with E-state index in [4.69, 9.17) is 19.2 Å². The van der Waals surface area contributed by atoms with Gasteiger partial charge in [0.05, 0.1) is 0 Å². The third kappa shape index (κ3) is 109. The quantitative estimate of drug-likeness (QED) is 0.283. The van der Waals surface area contributed by atoms with E-state index in [0.29, 0.717) is 0 Å². The zero-order chi connectivity index (χ0) is 4.50. The maximum atomic E-state index is 8.88. The van der Waals surface area contributed by atoms with Crippen LogP contribution in [0.3, 0.4) is 0 Å². The van der Waals surface area contributed by atoms with Crippen molar-refractivity contribution in [1.82, 2.24) is 0 Å². The zero-order valence-corrected chi connectivity index (χ0v) is 4.65. The molecule has 0 atom stereocenters. The van der Waals surface area contributed by atoms with Crippen molar-refractivity contribution in [2.75, 3.05) is 0 Å². The molecule has 0 heterocycles. The number of hydrogen-bond acceptors (Lipinski definition) is 1. The van der Waals surface area contributed by atoms with E-state index in [1.165, 1.54) is 0 Å². The van der Waals surface area contributed by atoms with Crippen LogP contribution in [-0.2, 0) is 21.6 Å². The molecule has 0 bridgehead atoms. The van der Waals surface area contributed by atoms with Gasteiger partial charge in [-0.15, -0.1) is 0 Å². The molecule has 0 aliphatic carbocycles. The van der Waals surface area contributed by atoms with Gasteiger partial charge in [-0.2, -0.15) is 0 Å². The van der Waals surface area contributed by atoms with Gasteiger partial charge in [-0.25, -0.2) is 4.57 Å². The fraction of sp³-hybridized carbons (Fsp3) is 0. The van der Waals surface area contributed by atoms with Crippen LogP contribution in [-0.4, -0.2) is 52.4 Å². The summed E-state index contributed by atoms with van der Waals surface area (Å²) >= 11 is 0. The SMILES string of the molecule is O=P(O)(O)O.[LiH].[LiH].[Mn]. The Morgan fingerprint density at radius 3 is 1.00 bits per heavy atom. The molecule has 0 spiro atoms. The summed E-state index contributed by atoms with van der Waals surface area (Å²) in [5.41, 5.74) is 0. The minimum atomic E-state index is -4.64. The van der Waals surface area contributed by atoms with Crippen LogP contribution in [0.4, 0.5) is 0 Å². The van der Waals surface area contributed by atoms with E-state index >= 15 is 0 Å². The molecule has 8 heteroatoms. The second-order valence-corrected chi connectivity index (χ2v) is 1.54. The summed E-state index contributed by atoms with van der Waals surface area (Å²) in [4.78, 5) is 21.6. The van der Waals surface area contributed by atoms with E-state index in [9.17, 15) is 0 Å². The van der Waals surface area contributed by atoms with E-state index in [0.717, 1.165) is 0 Å². The molecule has 3 N–H and O–H groups in total. The summed E-state index contributed by atoms with van der Waals surface area (Å²) in [6.45, 7) is 0. The van der Waals surface area contributed by atoms with Crippen LogP contribution >= 0.6 is 7.82 Å². The molecule has 4 nitrogen and oxygen atoms in total. The average molecular weight is 169 g/mol. The maximum Gasteiger partial charge on any atom is 0 e. The fourth-order valence-electron chi connectivity index (χ4n) is 0. The van der Waals surface area contributed by atoms with Crippen molar-refractivity contribution in [2.24, 2.45) is 0 Å². The van der Waals surface area contributed by atoms with Gasteiger partial charge in [0, 0.05) is 17.1 Å². The van der Waals surface area contributed by atoms with Gasteiger partial charge in [-0.3, -0.25) is 0 Å². The van der Waals surface area contributed by atoms with Crippen LogP contribution in [0.15, 0.2) is 0 Å². The summed E-state index contributed by atoms with van der Waals surface area (Å²) in [7, 11) is -4.64. The standard InChI is InChI=1S/2Li.Mn.H3O4P.2H/c;;;1-5(2,3)4;;/h;;;(H3,1,2,3,4);;. The van der Waals surface area contributed by atoms with Crippen molar-refractivity contribution in [1.29, 1.82) is 0 Å². The van der Waals surface area contributed by atoms with Crippen molar-refractivity contribution in [2.45, 2.75) is 0 Å². The third-order valence-electron chi connectivity index (χ3n) is 0. The Kier molecular flexibility index (Phi) is 24.9. The van der Waals surface area contributed by atoms with Crippen LogP contribution in [0.25, 0.3) is 0 Å². The topological polar surface area (TPSA) is 77.8 Å². The van der Waals surface area contributed by atoms with Crippen LogP contribution in [0.5, 0.6) is 0 Å². The van der Waals surface area contributed by atoms with Gasteiger partial charge >= 0.3 is 45.5 Å². The van der Waals surface area contributed by atoms with Gasteiger partial charge in [-0.1, -0.05) is 0 Å². The maximum absolute atomic E-state index is 8.88. The number of rotatable bonds is 0. The smallest absolute Gasteiger partial charge is 0 e.